The molecular weight excluding hydrogens is 172 g/mol. The zero-order valence-corrected chi connectivity index (χ0v) is 7.65. The number of hydrogen-bond donors (Lipinski definition) is 0. The van der Waals surface area contributed by atoms with E-state index in [4.69, 9.17) is 0 Å². The maximum absolute atomic E-state index is 11.2. The molecule has 4 nitrogen and oxygen atoms in total. The number of carbonyl (C=O) groups is 2. The van der Waals surface area contributed by atoms with Gasteiger partial charge >= 0.3 is 11.9 Å². The molecule has 72 valence electrons. The fourth-order valence-electron chi connectivity index (χ4n) is 1.43. The molecule has 13 heavy (non-hydrogen) atoms. The third kappa shape index (κ3) is 1.88. The van der Waals surface area contributed by atoms with E-state index >= 15 is 0 Å². The van der Waals surface area contributed by atoms with Crippen LogP contribution in [0.4, 0.5) is 0 Å². The quantitative estimate of drug-likeness (QED) is 0.464. The lowest BCUT2D eigenvalue weighted by Gasteiger charge is -2.14. The summed E-state index contributed by atoms with van der Waals surface area (Å²) in [5, 5.41) is 0. The van der Waals surface area contributed by atoms with Crippen LogP contribution in [-0.4, -0.2) is 26.2 Å². The van der Waals surface area contributed by atoms with Crippen LogP contribution in [0.1, 0.15) is 6.42 Å². The summed E-state index contributed by atoms with van der Waals surface area (Å²) in [6.45, 7) is 0. The Kier molecular flexibility index (Phi) is 3.06. The SMILES string of the molecule is COC(=O)C1C=CCC1C(=O)OC. The minimum Gasteiger partial charge on any atom is -0.469 e. The molecule has 1 rings (SSSR count). The van der Waals surface area contributed by atoms with Crippen molar-refractivity contribution in [3.63, 3.8) is 0 Å². The van der Waals surface area contributed by atoms with E-state index in [1.807, 2.05) is 0 Å². The molecule has 0 aliphatic heterocycles. The van der Waals surface area contributed by atoms with Crippen LogP contribution in [0.3, 0.4) is 0 Å². The first kappa shape index (κ1) is 9.77. The number of allylic oxidation sites excluding steroid dienone is 1. The molecule has 0 amide bonds. The zero-order chi connectivity index (χ0) is 9.84. The first-order valence-electron chi connectivity index (χ1n) is 4.03. The number of methoxy groups -OCH3 is 2. The lowest BCUT2D eigenvalue weighted by Crippen LogP contribution is -2.27. The average molecular weight is 184 g/mol. The van der Waals surface area contributed by atoms with Crippen molar-refractivity contribution in [1.29, 1.82) is 0 Å². The molecule has 0 bridgehead atoms. The molecule has 0 aromatic heterocycles. The second-order valence-corrected chi connectivity index (χ2v) is 2.84. The predicted octanol–water partition coefficient (Wildman–Crippen LogP) is 0.525. The summed E-state index contributed by atoms with van der Waals surface area (Å²) in [5.74, 6) is -1.63. The summed E-state index contributed by atoms with van der Waals surface area (Å²) in [4.78, 5) is 22.3. The minimum absolute atomic E-state index is 0.361. The first-order chi connectivity index (χ1) is 6.20. The molecule has 0 spiro atoms. The van der Waals surface area contributed by atoms with Gasteiger partial charge in [-0.3, -0.25) is 9.59 Å². The molecule has 0 aromatic rings. The molecule has 1 aliphatic carbocycles. The number of carbonyl (C=O) groups excluding carboxylic acids is 2. The van der Waals surface area contributed by atoms with E-state index in [2.05, 4.69) is 9.47 Å². The zero-order valence-electron chi connectivity index (χ0n) is 7.65. The lowest BCUT2D eigenvalue weighted by atomic mass is 9.96. The Hall–Kier alpha value is -1.32. The molecule has 0 N–H and O–H groups in total. The van der Waals surface area contributed by atoms with Gasteiger partial charge in [0.1, 0.15) is 0 Å². The Bertz CT molecular complexity index is 244. The second kappa shape index (κ2) is 4.07. The largest absolute Gasteiger partial charge is 0.469 e. The van der Waals surface area contributed by atoms with Crippen LogP contribution in [0.5, 0.6) is 0 Å². The molecular formula is C9H12O4. The molecule has 0 radical (unpaired) electrons. The molecule has 0 heterocycles. The Morgan fingerprint density at radius 1 is 1.23 bits per heavy atom. The molecule has 0 aromatic carbocycles. The van der Waals surface area contributed by atoms with Crippen molar-refractivity contribution in [1.82, 2.24) is 0 Å². The van der Waals surface area contributed by atoms with Crippen molar-refractivity contribution < 1.29 is 19.1 Å². The van der Waals surface area contributed by atoms with E-state index in [1.54, 1.807) is 12.2 Å². The number of hydrogen-bond acceptors (Lipinski definition) is 4. The van der Waals surface area contributed by atoms with Crippen molar-refractivity contribution in [2.75, 3.05) is 14.2 Å². The first-order valence-corrected chi connectivity index (χ1v) is 4.03. The summed E-state index contributed by atoms with van der Waals surface area (Å²) in [7, 11) is 2.62. The molecule has 1 aliphatic rings. The maximum Gasteiger partial charge on any atom is 0.313 e. The molecule has 0 saturated heterocycles. The van der Waals surface area contributed by atoms with Crippen molar-refractivity contribution in [2.45, 2.75) is 6.42 Å². The summed E-state index contributed by atoms with van der Waals surface area (Å²) in [6.07, 6.45) is 4.03. The monoisotopic (exact) mass is 184 g/mol. The van der Waals surface area contributed by atoms with E-state index < -0.39 is 11.8 Å². The van der Waals surface area contributed by atoms with Crippen LogP contribution in [0.15, 0.2) is 12.2 Å². The van der Waals surface area contributed by atoms with Gasteiger partial charge in [0.15, 0.2) is 0 Å². The predicted molar refractivity (Wildman–Crippen MR) is 44.8 cm³/mol. The molecule has 0 fully saturated rings. The minimum atomic E-state index is -0.475. The van der Waals surface area contributed by atoms with Gasteiger partial charge in [-0.25, -0.2) is 0 Å². The lowest BCUT2D eigenvalue weighted by molar-refractivity contribution is -0.154. The van der Waals surface area contributed by atoms with Gasteiger partial charge in [0, 0.05) is 0 Å². The van der Waals surface area contributed by atoms with E-state index in [9.17, 15) is 9.59 Å². The fourth-order valence-corrected chi connectivity index (χ4v) is 1.43. The van der Waals surface area contributed by atoms with Gasteiger partial charge in [-0.15, -0.1) is 0 Å². The van der Waals surface area contributed by atoms with Gasteiger partial charge in [0.25, 0.3) is 0 Å². The average Bonchev–Trinajstić information content (AvgIpc) is 2.63. The Labute approximate surface area is 76.5 Å². The van der Waals surface area contributed by atoms with E-state index in [-0.39, 0.29) is 11.9 Å². The standard InChI is InChI=1S/C9H12O4/c1-12-8(10)6-4-3-5-7(6)9(11)13-2/h3-4,6-7H,5H2,1-2H3. The summed E-state index contributed by atoms with van der Waals surface area (Å²) < 4.78 is 9.13. The normalized spacial score (nSPS) is 25.7. The highest BCUT2D eigenvalue weighted by Gasteiger charge is 2.35. The Balaban J connectivity index is 2.67. The number of esters is 2. The third-order valence-corrected chi connectivity index (χ3v) is 2.14. The van der Waals surface area contributed by atoms with Gasteiger partial charge in [0.2, 0.25) is 0 Å². The van der Waals surface area contributed by atoms with Crippen LogP contribution >= 0.6 is 0 Å². The molecule has 4 heteroatoms. The topological polar surface area (TPSA) is 52.6 Å². The molecule has 2 atom stereocenters. The third-order valence-electron chi connectivity index (χ3n) is 2.14. The van der Waals surface area contributed by atoms with E-state index in [0.717, 1.165) is 0 Å². The summed E-state index contributed by atoms with van der Waals surface area (Å²) >= 11 is 0. The van der Waals surface area contributed by atoms with Gasteiger partial charge in [-0.05, 0) is 6.42 Å². The van der Waals surface area contributed by atoms with Gasteiger partial charge in [-0.1, -0.05) is 12.2 Å². The highest BCUT2D eigenvalue weighted by molar-refractivity contribution is 5.84. The maximum atomic E-state index is 11.2. The van der Waals surface area contributed by atoms with Crippen LogP contribution in [0.2, 0.25) is 0 Å². The van der Waals surface area contributed by atoms with Crippen molar-refractivity contribution in [3.8, 4) is 0 Å². The van der Waals surface area contributed by atoms with Crippen molar-refractivity contribution >= 4 is 11.9 Å². The Morgan fingerprint density at radius 3 is 2.38 bits per heavy atom. The second-order valence-electron chi connectivity index (χ2n) is 2.84. The molecule has 2 unspecified atom stereocenters. The Morgan fingerprint density at radius 2 is 1.85 bits per heavy atom. The smallest absolute Gasteiger partial charge is 0.313 e. The van der Waals surface area contributed by atoms with Gasteiger partial charge < -0.3 is 9.47 Å². The van der Waals surface area contributed by atoms with Gasteiger partial charge in [0.05, 0.1) is 26.1 Å². The summed E-state index contributed by atoms with van der Waals surface area (Å²) in [6, 6.07) is 0. The van der Waals surface area contributed by atoms with Crippen molar-refractivity contribution in [3.05, 3.63) is 12.2 Å². The summed E-state index contributed by atoms with van der Waals surface area (Å²) in [5.41, 5.74) is 0. The highest BCUT2D eigenvalue weighted by Crippen LogP contribution is 2.27. The van der Waals surface area contributed by atoms with Crippen LogP contribution in [-0.2, 0) is 19.1 Å². The highest BCUT2D eigenvalue weighted by atomic mass is 16.5. The van der Waals surface area contributed by atoms with Gasteiger partial charge in [-0.2, -0.15) is 0 Å². The fraction of sp³-hybridized carbons (Fsp3) is 0.556. The number of rotatable bonds is 2. The van der Waals surface area contributed by atoms with Crippen LogP contribution in [0, 0.1) is 11.8 Å². The van der Waals surface area contributed by atoms with E-state index in [0.29, 0.717) is 6.42 Å². The molecule has 0 saturated carbocycles. The van der Waals surface area contributed by atoms with Crippen molar-refractivity contribution in [2.24, 2.45) is 11.8 Å². The van der Waals surface area contributed by atoms with Crippen LogP contribution in [0.25, 0.3) is 0 Å². The number of ether oxygens (including phenoxy) is 2. The van der Waals surface area contributed by atoms with Crippen LogP contribution < -0.4 is 0 Å². The van der Waals surface area contributed by atoms with E-state index in [1.165, 1.54) is 14.2 Å².